The molecule has 0 aliphatic carbocycles. The molecule has 4 heteroatoms. The maximum atomic E-state index is 11.6. The van der Waals surface area contributed by atoms with Crippen molar-refractivity contribution in [1.82, 2.24) is 5.32 Å². The van der Waals surface area contributed by atoms with Crippen molar-refractivity contribution >= 4 is 6.09 Å². The van der Waals surface area contributed by atoms with Gasteiger partial charge in [-0.15, -0.1) is 0 Å². The van der Waals surface area contributed by atoms with Crippen LogP contribution in [0.2, 0.25) is 0 Å². The van der Waals surface area contributed by atoms with E-state index in [4.69, 9.17) is 9.47 Å². The molecule has 0 heterocycles. The van der Waals surface area contributed by atoms with E-state index in [2.05, 4.69) is 17.2 Å². The van der Waals surface area contributed by atoms with E-state index in [-0.39, 0.29) is 6.61 Å². The second kappa shape index (κ2) is 9.26. The number of ether oxygens (including phenoxy) is 2. The van der Waals surface area contributed by atoms with Crippen LogP contribution < -0.4 is 10.1 Å². The molecule has 24 heavy (non-hydrogen) atoms. The number of hydrogen-bond acceptors (Lipinski definition) is 3. The lowest BCUT2D eigenvalue weighted by Crippen LogP contribution is -2.24. The number of rotatable bonds is 5. The number of hydrogen-bond donors (Lipinski definition) is 1. The minimum atomic E-state index is -0.436. The van der Waals surface area contributed by atoms with Crippen molar-refractivity contribution in [3.63, 3.8) is 0 Å². The van der Waals surface area contributed by atoms with E-state index in [0.717, 1.165) is 22.4 Å². The van der Waals surface area contributed by atoms with E-state index in [1.54, 1.807) is 7.11 Å². The van der Waals surface area contributed by atoms with E-state index < -0.39 is 6.09 Å². The number of carbonyl (C=O) groups is 1. The number of benzene rings is 2. The van der Waals surface area contributed by atoms with Crippen LogP contribution in [-0.4, -0.2) is 19.7 Å². The molecule has 124 valence electrons. The number of amides is 1. The van der Waals surface area contributed by atoms with Gasteiger partial charge in [-0.1, -0.05) is 48.2 Å². The summed E-state index contributed by atoms with van der Waals surface area (Å²) in [6.45, 7) is 2.71. The Labute approximate surface area is 142 Å². The molecule has 0 spiro atoms. The Balaban J connectivity index is 1.73. The summed E-state index contributed by atoms with van der Waals surface area (Å²) in [6, 6.07) is 15.4. The monoisotopic (exact) mass is 323 g/mol. The van der Waals surface area contributed by atoms with Gasteiger partial charge in [-0.3, -0.25) is 0 Å². The Morgan fingerprint density at radius 1 is 1.17 bits per heavy atom. The largest absolute Gasteiger partial charge is 0.495 e. The van der Waals surface area contributed by atoms with Gasteiger partial charge in [-0.25, -0.2) is 4.79 Å². The first-order valence-corrected chi connectivity index (χ1v) is 7.77. The zero-order valence-corrected chi connectivity index (χ0v) is 14.0. The predicted molar refractivity (Wildman–Crippen MR) is 93.9 cm³/mol. The fourth-order valence-corrected chi connectivity index (χ4v) is 2.08. The van der Waals surface area contributed by atoms with Crippen molar-refractivity contribution in [2.45, 2.75) is 20.0 Å². The number of nitrogens with one attached hydrogen (secondary N) is 1. The van der Waals surface area contributed by atoms with E-state index in [1.165, 1.54) is 0 Å². The van der Waals surface area contributed by atoms with Gasteiger partial charge in [0.05, 0.1) is 12.7 Å². The molecule has 0 atom stereocenters. The van der Waals surface area contributed by atoms with Gasteiger partial charge in [0.2, 0.25) is 0 Å². The third kappa shape index (κ3) is 5.69. The Morgan fingerprint density at radius 2 is 1.96 bits per heavy atom. The molecule has 4 nitrogen and oxygen atoms in total. The van der Waals surface area contributed by atoms with Crippen LogP contribution in [0.5, 0.6) is 5.75 Å². The summed E-state index contributed by atoms with van der Waals surface area (Å²) < 4.78 is 10.4. The molecule has 1 amide bonds. The first kappa shape index (κ1) is 17.4. The minimum absolute atomic E-state index is 0.263. The molecular formula is C20H21NO3. The second-order valence-electron chi connectivity index (χ2n) is 5.24. The molecule has 0 saturated carbocycles. The van der Waals surface area contributed by atoms with Gasteiger partial charge in [0.1, 0.15) is 12.4 Å². The van der Waals surface area contributed by atoms with Gasteiger partial charge in [0.15, 0.2) is 0 Å². The van der Waals surface area contributed by atoms with Crippen LogP contribution in [0.1, 0.15) is 23.1 Å². The lowest BCUT2D eigenvalue weighted by atomic mass is 10.1. The molecular weight excluding hydrogens is 302 g/mol. The summed E-state index contributed by atoms with van der Waals surface area (Å²) in [5.74, 6) is 6.86. The number of methoxy groups -OCH3 is 1. The third-order valence-electron chi connectivity index (χ3n) is 3.31. The van der Waals surface area contributed by atoms with Gasteiger partial charge in [0, 0.05) is 13.0 Å². The van der Waals surface area contributed by atoms with E-state index in [9.17, 15) is 4.79 Å². The highest BCUT2D eigenvalue weighted by Gasteiger charge is 2.01. The molecule has 2 aromatic rings. The number of aryl methyl sites for hydroxylation is 1. The number of carbonyl (C=O) groups excluding carboxylic acids is 1. The van der Waals surface area contributed by atoms with Gasteiger partial charge >= 0.3 is 6.09 Å². The highest BCUT2D eigenvalue weighted by Crippen LogP contribution is 2.18. The fourth-order valence-electron chi connectivity index (χ4n) is 2.08. The third-order valence-corrected chi connectivity index (χ3v) is 3.31. The maximum Gasteiger partial charge on any atom is 0.407 e. The Bertz CT molecular complexity index is 730. The summed E-state index contributed by atoms with van der Waals surface area (Å²) in [4.78, 5) is 11.6. The van der Waals surface area contributed by atoms with Crippen molar-refractivity contribution in [2.75, 3.05) is 13.7 Å². The van der Waals surface area contributed by atoms with Gasteiger partial charge in [-0.2, -0.15) is 0 Å². The molecule has 0 aliphatic heterocycles. The zero-order chi connectivity index (χ0) is 17.2. The molecule has 0 unspecified atom stereocenters. The van der Waals surface area contributed by atoms with E-state index in [0.29, 0.717) is 13.0 Å². The molecule has 0 aromatic heterocycles. The normalized spacial score (nSPS) is 9.58. The first-order valence-electron chi connectivity index (χ1n) is 7.77. The van der Waals surface area contributed by atoms with Crippen molar-refractivity contribution in [2.24, 2.45) is 0 Å². The van der Waals surface area contributed by atoms with Crippen LogP contribution in [-0.2, 0) is 11.3 Å². The summed E-state index contributed by atoms with van der Waals surface area (Å²) in [5.41, 5.74) is 2.94. The Morgan fingerprint density at radius 3 is 2.71 bits per heavy atom. The summed E-state index contributed by atoms with van der Waals surface area (Å²) in [7, 11) is 1.63. The smallest absolute Gasteiger partial charge is 0.407 e. The van der Waals surface area contributed by atoms with Crippen molar-refractivity contribution in [1.29, 1.82) is 0 Å². The quantitative estimate of drug-likeness (QED) is 0.674. The van der Waals surface area contributed by atoms with Crippen LogP contribution >= 0.6 is 0 Å². The van der Waals surface area contributed by atoms with Crippen LogP contribution in [0.3, 0.4) is 0 Å². The maximum absolute atomic E-state index is 11.6. The van der Waals surface area contributed by atoms with Crippen LogP contribution in [0.25, 0.3) is 0 Å². The van der Waals surface area contributed by atoms with Crippen LogP contribution in [0.15, 0.2) is 48.5 Å². The molecule has 1 N–H and O–H groups in total. The zero-order valence-electron chi connectivity index (χ0n) is 14.0. The predicted octanol–water partition coefficient (Wildman–Crippen LogP) is 3.67. The number of alkyl carbamates (subject to hydrolysis) is 1. The van der Waals surface area contributed by atoms with E-state index >= 15 is 0 Å². The highest BCUT2D eigenvalue weighted by atomic mass is 16.5. The minimum Gasteiger partial charge on any atom is -0.495 e. The molecule has 0 aliphatic rings. The highest BCUT2D eigenvalue weighted by molar-refractivity contribution is 5.67. The van der Waals surface area contributed by atoms with Crippen molar-refractivity contribution in [3.8, 4) is 17.6 Å². The summed E-state index contributed by atoms with van der Waals surface area (Å²) in [5, 5.41) is 2.68. The molecule has 0 saturated heterocycles. The fraction of sp³-hybridized carbons (Fsp3) is 0.250. The lowest BCUT2D eigenvalue weighted by molar-refractivity contribution is 0.140. The Hall–Kier alpha value is -2.93. The average Bonchev–Trinajstić information content (AvgIpc) is 2.61. The van der Waals surface area contributed by atoms with Gasteiger partial charge in [-0.05, 0) is 30.2 Å². The van der Waals surface area contributed by atoms with Crippen molar-refractivity contribution < 1.29 is 14.3 Å². The van der Waals surface area contributed by atoms with Crippen molar-refractivity contribution in [3.05, 3.63) is 65.2 Å². The second-order valence-corrected chi connectivity index (χ2v) is 5.24. The first-order chi connectivity index (χ1) is 11.7. The topological polar surface area (TPSA) is 47.6 Å². The molecule has 2 rings (SSSR count). The molecule has 2 aromatic carbocycles. The molecule has 0 bridgehead atoms. The van der Waals surface area contributed by atoms with E-state index in [1.807, 2.05) is 55.5 Å². The average molecular weight is 323 g/mol. The van der Waals surface area contributed by atoms with Gasteiger partial charge < -0.3 is 14.8 Å². The van der Waals surface area contributed by atoms with Gasteiger partial charge in [0.25, 0.3) is 0 Å². The summed E-state index contributed by atoms with van der Waals surface area (Å²) >= 11 is 0. The van der Waals surface area contributed by atoms with Crippen LogP contribution in [0.4, 0.5) is 4.79 Å². The molecule has 0 radical (unpaired) electrons. The Kier molecular flexibility index (Phi) is 6.73. The lowest BCUT2D eigenvalue weighted by Gasteiger charge is -2.05. The summed E-state index contributed by atoms with van der Waals surface area (Å²) in [6.07, 6.45) is 0.103. The van der Waals surface area contributed by atoms with Crippen LogP contribution in [0, 0.1) is 18.8 Å². The standard InChI is InChI=1S/C20H21NO3/c1-16-11-12-19(23-2)18(14-16)10-6-7-13-21-20(22)24-15-17-8-4-3-5-9-17/h3-5,8-9,11-12,14H,7,13,15H2,1-2H3,(H,21,22). The molecule has 0 fully saturated rings. The SMILES string of the molecule is COc1ccc(C)cc1C#CCCNC(=O)OCc1ccccc1.